The topological polar surface area (TPSA) is 80.5 Å². The second-order valence-electron chi connectivity index (χ2n) is 5.81. The van der Waals surface area contributed by atoms with Gasteiger partial charge in [0.25, 0.3) is 5.88 Å². The molecule has 0 radical (unpaired) electrons. The standard InChI is InChI=1S/C17H22N4O3/c1-18-15-10-12(7-8-19-15)14-4-3-9-21(14)17(22)6-5-13-11-16(23-2)20-24-13/h7-8,10-11,14H,3-6,9H2,1-2H3,(H,18,19)/t14-/m0/s1. The molecular formula is C17H22N4O3. The Labute approximate surface area is 141 Å². The van der Waals surface area contributed by atoms with Gasteiger partial charge in [-0.05, 0) is 35.7 Å². The first-order valence-corrected chi connectivity index (χ1v) is 8.14. The summed E-state index contributed by atoms with van der Waals surface area (Å²) in [5.74, 6) is 2.06. The monoisotopic (exact) mass is 330 g/mol. The Hall–Kier alpha value is -2.57. The average Bonchev–Trinajstić information content (AvgIpc) is 3.28. The van der Waals surface area contributed by atoms with Crippen LogP contribution in [0.25, 0.3) is 0 Å². The van der Waals surface area contributed by atoms with Crippen LogP contribution in [0.4, 0.5) is 5.82 Å². The van der Waals surface area contributed by atoms with Gasteiger partial charge in [-0.3, -0.25) is 4.79 Å². The van der Waals surface area contributed by atoms with Gasteiger partial charge in [0.15, 0.2) is 0 Å². The maximum absolute atomic E-state index is 12.6. The number of methoxy groups -OCH3 is 1. The molecule has 2 aromatic rings. The molecule has 0 saturated carbocycles. The van der Waals surface area contributed by atoms with Crippen molar-refractivity contribution in [3.63, 3.8) is 0 Å². The van der Waals surface area contributed by atoms with Crippen LogP contribution in [0.5, 0.6) is 5.88 Å². The zero-order valence-electron chi connectivity index (χ0n) is 14.0. The SMILES string of the molecule is CNc1cc([C@@H]2CCCN2C(=O)CCc2cc(OC)no2)ccn1. The molecule has 1 amide bonds. The first-order chi connectivity index (χ1) is 11.7. The maximum Gasteiger partial charge on any atom is 0.254 e. The number of aromatic nitrogens is 2. The molecule has 1 aliphatic rings. The van der Waals surface area contributed by atoms with Gasteiger partial charge < -0.3 is 19.5 Å². The number of nitrogens with zero attached hydrogens (tertiary/aromatic N) is 3. The zero-order valence-corrected chi connectivity index (χ0v) is 14.0. The molecule has 7 heteroatoms. The summed E-state index contributed by atoms with van der Waals surface area (Å²) in [7, 11) is 3.38. The van der Waals surface area contributed by atoms with E-state index in [9.17, 15) is 4.79 Å². The molecule has 128 valence electrons. The molecule has 7 nitrogen and oxygen atoms in total. The van der Waals surface area contributed by atoms with Crippen LogP contribution in [-0.2, 0) is 11.2 Å². The number of pyridine rings is 1. The molecule has 3 heterocycles. The van der Waals surface area contributed by atoms with Gasteiger partial charge >= 0.3 is 0 Å². The highest BCUT2D eigenvalue weighted by atomic mass is 16.5. The Kier molecular flexibility index (Phi) is 4.98. The molecule has 1 atom stereocenters. The number of anilines is 1. The molecule has 2 aromatic heterocycles. The second kappa shape index (κ2) is 7.33. The number of amides is 1. The predicted octanol–water partition coefficient (Wildman–Crippen LogP) is 2.42. The minimum atomic E-state index is 0.122. The van der Waals surface area contributed by atoms with Crippen LogP contribution in [-0.4, -0.2) is 41.6 Å². The van der Waals surface area contributed by atoms with Gasteiger partial charge in [-0.2, -0.15) is 0 Å². The number of hydrogen-bond donors (Lipinski definition) is 1. The summed E-state index contributed by atoms with van der Waals surface area (Å²) < 4.78 is 10.1. The lowest BCUT2D eigenvalue weighted by Gasteiger charge is -2.25. The van der Waals surface area contributed by atoms with Crippen LogP contribution in [0.3, 0.4) is 0 Å². The van der Waals surface area contributed by atoms with Gasteiger partial charge in [-0.25, -0.2) is 4.98 Å². The number of carbonyl (C=O) groups is 1. The Balaban J connectivity index is 1.64. The summed E-state index contributed by atoms with van der Waals surface area (Å²) in [6.45, 7) is 0.792. The van der Waals surface area contributed by atoms with E-state index in [2.05, 4.69) is 15.5 Å². The van der Waals surface area contributed by atoms with E-state index in [1.807, 2.05) is 24.1 Å². The van der Waals surface area contributed by atoms with Crippen LogP contribution >= 0.6 is 0 Å². The molecule has 1 N–H and O–H groups in total. The minimum absolute atomic E-state index is 0.122. The number of rotatable bonds is 6. The number of nitrogens with one attached hydrogen (secondary N) is 1. The predicted molar refractivity (Wildman–Crippen MR) is 88.8 cm³/mol. The number of aryl methyl sites for hydroxylation is 1. The first kappa shape index (κ1) is 16.3. The van der Waals surface area contributed by atoms with Crippen molar-refractivity contribution in [2.75, 3.05) is 26.0 Å². The summed E-state index contributed by atoms with van der Waals surface area (Å²) >= 11 is 0. The van der Waals surface area contributed by atoms with Crippen molar-refractivity contribution in [1.82, 2.24) is 15.0 Å². The smallest absolute Gasteiger partial charge is 0.254 e. The molecule has 0 unspecified atom stereocenters. The number of likely N-dealkylation sites (tertiary alicyclic amines) is 1. The summed E-state index contributed by atoms with van der Waals surface area (Å²) in [4.78, 5) is 18.8. The summed E-state index contributed by atoms with van der Waals surface area (Å²) in [6.07, 6.45) is 4.71. The van der Waals surface area contributed by atoms with Crippen LogP contribution in [0.15, 0.2) is 28.9 Å². The summed E-state index contributed by atoms with van der Waals surface area (Å²) in [6, 6.07) is 5.84. The Morgan fingerprint density at radius 2 is 2.38 bits per heavy atom. The lowest BCUT2D eigenvalue weighted by molar-refractivity contribution is -0.132. The third kappa shape index (κ3) is 3.50. The lowest BCUT2D eigenvalue weighted by Crippen LogP contribution is -2.30. The van der Waals surface area contributed by atoms with Crippen molar-refractivity contribution in [2.24, 2.45) is 0 Å². The van der Waals surface area contributed by atoms with E-state index in [1.165, 1.54) is 7.11 Å². The zero-order chi connectivity index (χ0) is 16.9. The largest absolute Gasteiger partial charge is 0.479 e. The van der Waals surface area contributed by atoms with Crippen molar-refractivity contribution >= 4 is 11.7 Å². The van der Waals surface area contributed by atoms with Gasteiger partial charge in [0.05, 0.1) is 13.2 Å². The van der Waals surface area contributed by atoms with Gasteiger partial charge in [-0.15, -0.1) is 0 Å². The molecular weight excluding hydrogens is 308 g/mol. The fraction of sp³-hybridized carbons (Fsp3) is 0.471. The van der Waals surface area contributed by atoms with Crippen molar-refractivity contribution in [2.45, 2.75) is 31.7 Å². The van der Waals surface area contributed by atoms with E-state index in [1.54, 1.807) is 12.3 Å². The molecule has 3 rings (SSSR count). The second-order valence-corrected chi connectivity index (χ2v) is 5.81. The molecule has 1 aliphatic heterocycles. The van der Waals surface area contributed by atoms with E-state index < -0.39 is 0 Å². The maximum atomic E-state index is 12.6. The van der Waals surface area contributed by atoms with Crippen molar-refractivity contribution in [3.8, 4) is 5.88 Å². The number of carbonyl (C=O) groups excluding carboxylic acids is 1. The summed E-state index contributed by atoms with van der Waals surface area (Å²) in [5, 5.41) is 6.80. The van der Waals surface area contributed by atoms with Crippen molar-refractivity contribution in [1.29, 1.82) is 0 Å². The third-order valence-electron chi connectivity index (χ3n) is 4.33. The number of hydrogen-bond acceptors (Lipinski definition) is 6. The van der Waals surface area contributed by atoms with Gasteiger partial charge in [-0.1, -0.05) is 0 Å². The van der Waals surface area contributed by atoms with Gasteiger partial charge in [0.2, 0.25) is 5.91 Å². The molecule has 1 saturated heterocycles. The number of ether oxygens (including phenoxy) is 1. The average molecular weight is 330 g/mol. The normalized spacial score (nSPS) is 17.1. The van der Waals surface area contributed by atoms with E-state index in [4.69, 9.17) is 9.26 Å². The van der Waals surface area contributed by atoms with Crippen molar-refractivity contribution < 1.29 is 14.1 Å². The summed E-state index contributed by atoms with van der Waals surface area (Å²) in [5.41, 5.74) is 1.13. The highest BCUT2D eigenvalue weighted by Gasteiger charge is 2.30. The Bertz CT molecular complexity index is 701. The fourth-order valence-electron chi connectivity index (χ4n) is 3.08. The van der Waals surface area contributed by atoms with E-state index in [0.717, 1.165) is 30.8 Å². The Morgan fingerprint density at radius 1 is 1.50 bits per heavy atom. The Morgan fingerprint density at radius 3 is 3.12 bits per heavy atom. The quantitative estimate of drug-likeness (QED) is 0.876. The molecule has 0 bridgehead atoms. The molecule has 24 heavy (non-hydrogen) atoms. The fourth-order valence-corrected chi connectivity index (χ4v) is 3.08. The van der Waals surface area contributed by atoms with E-state index in [-0.39, 0.29) is 11.9 Å². The molecule has 0 aliphatic carbocycles. The molecule has 0 aromatic carbocycles. The van der Waals surface area contributed by atoms with E-state index in [0.29, 0.717) is 24.5 Å². The molecule has 1 fully saturated rings. The van der Waals surface area contributed by atoms with Gasteiger partial charge in [0, 0.05) is 38.7 Å². The van der Waals surface area contributed by atoms with Crippen LogP contribution in [0, 0.1) is 0 Å². The lowest BCUT2D eigenvalue weighted by atomic mass is 10.1. The van der Waals surface area contributed by atoms with Crippen LogP contribution < -0.4 is 10.1 Å². The van der Waals surface area contributed by atoms with Crippen LogP contribution in [0.2, 0.25) is 0 Å². The highest BCUT2D eigenvalue weighted by molar-refractivity contribution is 5.77. The van der Waals surface area contributed by atoms with E-state index >= 15 is 0 Å². The van der Waals surface area contributed by atoms with Gasteiger partial charge in [0.1, 0.15) is 11.6 Å². The van der Waals surface area contributed by atoms with Crippen LogP contribution in [0.1, 0.15) is 36.6 Å². The molecule has 0 spiro atoms. The van der Waals surface area contributed by atoms with Crippen molar-refractivity contribution in [3.05, 3.63) is 35.7 Å². The highest BCUT2D eigenvalue weighted by Crippen LogP contribution is 2.33. The third-order valence-corrected chi connectivity index (χ3v) is 4.33. The first-order valence-electron chi connectivity index (χ1n) is 8.14. The minimum Gasteiger partial charge on any atom is -0.479 e.